The number of amides is 1. The first-order chi connectivity index (χ1) is 18.5. The van der Waals surface area contributed by atoms with Crippen LogP contribution in [0.4, 0.5) is 0 Å². The monoisotopic (exact) mass is 511 g/mol. The summed E-state index contributed by atoms with van der Waals surface area (Å²) in [6.45, 7) is 5.48. The van der Waals surface area contributed by atoms with Gasteiger partial charge in [-0.25, -0.2) is 0 Å². The molecule has 0 saturated heterocycles. The Morgan fingerprint density at radius 2 is 1.92 bits per heavy atom. The van der Waals surface area contributed by atoms with Gasteiger partial charge in [0.1, 0.15) is 22.9 Å². The maximum atomic E-state index is 13.8. The molecule has 1 amide bonds. The fraction of sp³-hybridized carbons (Fsp3) is 0.267. The molecule has 4 aromatic rings. The van der Waals surface area contributed by atoms with E-state index in [0.717, 1.165) is 28.9 Å². The highest BCUT2D eigenvalue weighted by Crippen LogP contribution is 2.46. The lowest BCUT2D eigenvalue weighted by atomic mass is 9.95. The van der Waals surface area contributed by atoms with Gasteiger partial charge in [0, 0.05) is 17.7 Å². The second-order valence-electron chi connectivity index (χ2n) is 10.0. The molecule has 0 fully saturated rings. The molecule has 194 valence electrons. The van der Waals surface area contributed by atoms with Gasteiger partial charge in [0.2, 0.25) is 6.79 Å². The van der Waals surface area contributed by atoms with Crippen LogP contribution in [0.5, 0.6) is 23.0 Å². The van der Waals surface area contributed by atoms with Crippen molar-refractivity contribution in [2.75, 3.05) is 13.4 Å². The topological polar surface area (TPSA) is 96.9 Å². The van der Waals surface area contributed by atoms with E-state index < -0.39 is 6.04 Å². The number of hydrogen-bond acceptors (Lipinski definition) is 6. The van der Waals surface area contributed by atoms with Crippen molar-refractivity contribution in [1.29, 1.82) is 0 Å². The van der Waals surface area contributed by atoms with Gasteiger partial charge in [0.25, 0.3) is 5.91 Å². The Labute approximate surface area is 220 Å². The van der Waals surface area contributed by atoms with Crippen molar-refractivity contribution >= 4 is 5.91 Å². The largest absolute Gasteiger partial charge is 0.507 e. The zero-order valence-corrected chi connectivity index (χ0v) is 21.3. The molecular weight excluding hydrogens is 482 g/mol. The van der Waals surface area contributed by atoms with Crippen LogP contribution in [0.25, 0.3) is 11.3 Å². The molecule has 0 radical (unpaired) electrons. The lowest BCUT2D eigenvalue weighted by Gasteiger charge is -2.27. The summed E-state index contributed by atoms with van der Waals surface area (Å²) in [6, 6.07) is 20.2. The minimum atomic E-state index is -0.440. The second-order valence-corrected chi connectivity index (χ2v) is 10.0. The minimum Gasteiger partial charge on any atom is -0.507 e. The number of rotatable bonds is 8. The fourth-order valence-electron chi connectivity index (χ4n) is 5.01. The fourth-order valence-corrected chi connectivity index (χ4v) is 5.01. The van der Waals surface area contributed by atoms with Crippen molar-refractivity contribution < 1.29 is 24.1 Å². The number of hydrogen-bond donors (Lipinski definition) is 2. The van der Waals surface area contributed by atoms with Crippen molar-refractivity contribution in [3.8, 4) is 34.3 Å². The van der Waals surface area contributed by atoms with Crippen LogP contribution in [0.2, 0.25) is 0 Å². The third kappa shape index (κ3) is 4.32. The van der Waals surface area contributed by atoms with Gasteiger partial charge in [-0.2, -0.15) is 5.10 Å². The van der Waals surface area contributed by atoms with Crippen molar-refractivity contribution in [3.05, 3.63) is 89.1 Å². The van der Waals surface area contributed by atoms with Crippen LogP contribution in [0.1, 0.15) is 53.5 Å². The lowest BCUT2D eigenvalue weighted by molar-refractivity contribution is 0.0729. The van der Waals surface area contributed by atoms with Crippen molar-refractivity contribution in [3.63, 3.8) is 0 Å². The predicted octanol–water partition coefficient (Wildman–Crippen LogP) is 5.68. The number of carbonyl (C=O) groups excluding carboxylic acids is 1. The number of aromatic hydroxyl groups is 1. The minimum absolute atomic E-state index is 0.105. The van der Waals surface area contributed by atoms with Crippen molar-refractivity contribution in [1.82, 2.24) is 15.1 Å². The number of nitrogens with zero attached hydrogens (tertiary/aromatic N) is 2. The van der Waals surface area contributed by atoms with Crippen LogP contribution in [0, 0.1) is 5.92 Å². The van der Waals surface area contributed by atoms with Gasteiger partial charge in [0.15, 0.2) is 11.5 Å². The summed E-state index contributed by atoms with van der Waals surface area (Å²) in [5.41, 5.74) is 4.08. The molecule has 0 spiro atoms. The van der Waals surface area contributed by atoms with E-state index in [1.165, 1.54) is 0 Å². The van der Waals surface area contributed by atoms with Gasteiger partial charge in [-0.1, -0.05) is 44.2 Å². The number of para-hydroxylation sites is 1. The molecule has 38 heavy (non-hydrogen) atoms. The maximum absolute atomic E-state index is 13.8. The Bertz CT molecular complexity index is 1490. The summed E-state index contributed by atoms with van der Waals surface area (Å²) in [7, 11) is 0. The first-order valence-corrected chi connectivity index (χ1v) is 12.8. The van der Waals surface area contributed by atoms with E-state index in [4.69, 9.17) is 14.2 Å². The molecule has 2 N–H and O–H groups in total. The Kier molecular flexibility index (Phi) is 6.15. The average Bonchev–Trinajstić information content (AvgIpc) is 3.61. The molecule has 1 aromatic heterocycles. The number of aromatic nitrogens is 2. The highest BCUT2D eigenvalue weighted by atomic mass is 16.7. The standard InChI is InChI=1S/C30H29N3O5/c1-18(2)12-13-36-21-7-5-6-20(15-21)29-26-27(22-8-3-4-9-23(22)34)31-32-28(26)30(35)33(29)16-19-10-11-24-25(14-19)38-17-37-24/h3-11,14-15,18,29,34H,12-13,16-17H2,1-2H3,(H,31,32)/t29-/m0/s1. The third-order valence-corrected chi connectivity index (χ3v) is 6.95. The molecule has 3 heterocycles. The maximum Gasteiger partial charge on any atom is 0.273 e. The molecule has 0 saturated carbocycles. The first-order valence-electron chi connectivity index (χ1n) is 12.8. The molecule has 0 aliphatic carbocycles. The van der Waals surface area contributed by atoms with E-state index in [2.05, 4.69) is 24.0 Å². The number of benzene rings is 3. The molecule has 3 aromatic carbocycles. The SMILES string of the molecule is CC(C)CCOc1cccc([C@H]2c3c(-c4ccccc4O)n[nH]c3C(=O)N2Cc2ccc3c(c2)OCO3)c1. The van der Waals surface area contributed by atoms with Crippen molar-refractivity contribution in [2.24, 2.45) is 5.92 Å². The summed E-state index contributed by atoms with van der Waals surface area (Å²) in [4.78, 5) is 15.6. The number of phenols is 1. The Balaban J connectivity index is 1.42. The van der Waals surface area contributed by atoms with Gasteiger partial charge in [-0.15, -0.1) is 0 Å². The Morgan fingerprint density at radius 3 is 2.76 bits per heavy atom. The van der Waals surface area contributed by atoms with Crippen LogP contribution in [0.3, 0.4) is 0 Å². The molecule has 6 rings (SSSR count). The smallest absolute Gasteiger partial charge is 0.273 e. The van der Waals surface area contributed by atoms with E-state index in [0.29, 0.717) is 47.5 Å². The van der Waals surface area contributed by atoms with Crippen LogP contribution < -0.4 is 14.2 Å². The van der Waals surface area contributed by atoms with Crippen LogP contribution in [0.15, 0.2) is 66.7 Å². The molecule has 8 heteroatoms. The molecule has 1 atom stereocenters. The summed E-state index contributed by atoms with van der Waals surface area (Å²) in [6.07, 6.45) is 0.950. The van der Waals surface area contributed by atoms with Crippen LogP contribution in [-0.2, 0) is 6.54 Å². The van der Waals surface area contributed by atoms with E-state index >= 15 is 0 Å². The molecule has 0 bridgehead atoms. The molecule has 8 nitrogen and oxygen atoms in total. The first kappa shape index (κ1) is 23.9. The second kappa shape index (κ2) is 9.78. The molecule has 2 aliphatic heterocycles. The number of H-pyrrole nitrogens is 1. The summed E-state index contributed by atoms with van der Waals surface area (Å²) in [5, 5.41) is 18.0. The summed E-state index contributed by atoms with van der Waals surface area (Å²) >= 11 is 0. The average molecular weight is 512 g/mol. The number of carbonyl (C=O) groups is 1. The Morgan fingerprint density at radius 1 is 1.08 bits per heavy atom. The van der Waals surface area contributed by atoms with Gasteiger partial charge in [-0.05, 0) is 59.9 Å². The van der Waals surface area contributed by atoms with Crippen LogP contribution in [-0.4, -0.2) is 39.5 Å². The zero-order valence-electron chi connectivity index (χ0n) is 21.3. The summed E-state index contributed by atoms with van der Waals surface area (Å²) in [5.74, 6) is 2.59. The van der Waals surface area contributed by atoms with Gasteiger partial charge in [0.05, 0.1) is 12.6 Å². The number of aromatic amines is 1. The predicted molar refractivity (Wildman–Crippen MR) is 141 cm³/mol. The van der Waals surface area contributed by atoms with Crippen LogP contribution >= 0.6 is 0 Å². The third-order valence-electron chi connectivity index (χ3n) is 6.95. The Hall–Kier alpha value is -4.46. The number of phenolic OH excluding ortho intramolecular Hbond substituents is 1. The number of fused-ring (bicyclic) bond motifs is 2. The normalized spacial score (nSPS) is 15.8. The summed E-state index contributed by atoms with van der Waals surface area (Å²) < 4.78 is 17.1. The van der Waals surface area contributed by atoms with E-state index in [1.54, 1.807) is 18.2 Å². The number of nitrogens with one attached hydrogen (secondary N) is 1. The molecular formula is C30H29N3O5. The molecule has 0 unspecified atom stereocenters. The number of ether oxygens (including phenoxy) is 3. The quantitative estimate of drug-likeness (QED) is 0.316. The van der Waals surface area contributed by atoms with Crippen molar-refractivity contribution in [2.45, 2.75) is 32.9 Å². The lowest BCUT2D eigenvalue weighted by Crippen LogP contribution is -2.29. The highest BCUT2D eigenvalue weighted by Gasteiger charge is 2.42. The van der Waals surface area contributed by atoms with E-state index in [1.807, 2.05) is 53.4 Å². The van der Waals surface area contributed by atoms with Gasteiger partial charge >= 0.3 is 0 Å². The van der Waals surface area contributed by atoms with E-state index in [-0.39, 0.29) is 18.4 Å². The highest BCUT2D eigenvalue weighted by molar-refractivity contribution is 6.00. The van der Waals surface area contributed by atoms with E-state index in [9.17, 15) is 9.90 Å². The van der Waals surface area contributed by atoms with Gasteiger partial charge < -0.3 is 24.2 Å². The molecule has 2 aliphatic rings. The van der Waals surface area contributed by atoms with Gasteiger partial charge in [-0.3, -0.25) is 9.89 Å². The zero-order chi connectivity index (χ0) is 26.2.